The van der Waals surface area contributed by atoms with Crippen molar-refractivity contribution >= 4 is 0 Å². The lowest BCUT2D eigenvalue weighted by molar-refractivity contribution is -0.0284. The van der Waals surface area contributed by atoms with Gasteiger partial charge in [0.1, 0.15) is 11.5 Å². The highest BCUT2D eigenvalue weighted by atomic mass is 16.5. The van der Waals surface area contributed by atoms with E-state index in [0.717, 1.165) is 25.2 Å². The van der Waals surface area contributed by atoms with Crippen LogP contribution in [-0.4, -0.2) is 47.1 Å². The van der Waals surface area contributed by atoms with Crippen LogP contribution in [0.25, 0.3) is 0 Å². The van der Waals surface area contributed by atoms with Gasteiger partial charge in [-0.2, -0.15) is 5.10 Å². The summed E-state index contributed by atoms with van der Waals surface area (Å²) in [5, 5.41) is 15.3. The third-order valence-corrected chi connectivity index (χ3v) is 4.88. The molecule has 1 fully saturated rings. The van der Waals surface area contributed by atoms with Crippen molar-refractivity contribution in [3.8, 4) is 11.5 Å². The van der Waals surface area contributed by atoms with E-state index in [4.69, 9.17) is 9.47 Å². The second-order valence-corrected chi connectivity index (χ2v) is 6.36. The van der Waals surface area contributed by atoms with E-state index in [1.807, 2.05) is 42.2 Å². The Kier molecular flexibility index (Phi) is 4.78. The van der Waals surface area contributed by atoms with E-state index in [9.17, 15) is 5.11 Å². The molecule has 1 N–H and O–H groups in total. The molecule has 1 aliphatic rings. The van der Waals surface area contributed by atoms with Gasteiger partial charge in [-0.05, 0) is 36.6 Å². The summed E-state index contributed by atoms with van der Waals surface area (Å²) in [5.41, 5.74) is 1.20. The molecule has 0 atom stereocenters. The van der Waals surface area contributed by atoms with Crippen LogP contribution >= 0.6 is 0 Å². The van der Waals surface area contributed by atoms with E-state index >= 15 is 0 Å². The number of hydrogen-bond acceptors (Lipinski definition) is 5. The Labute approximate surface area is 142 Å². The van der Waals surface area contributed by atoms with Crippen molar-refractivity contribution in [2.75, 3.05) is 27.3 Å². The van der Waals surface area contributed by atoms with E-state index < -0.39 is 5.60 Å². The molecule has 0 aliphatic carbocycles. The zero-order chi connectivity index (χ0) is 17.2. The topological polar surface area (TPSA) is 59.8 Å². The minimum absolute atomic E-state index is 0.682. The maximum atomic E-state index is 11.1. The monoisotopic (exact) mass is 331 g/mol. The third-order valence-electron chi connectivity index (χ3n) is 4.88. The lowest BCUT2D eigenvalue weighted by Crippen LogP contribution is -2.42. The number of aromatic nitrogens is 2. The minimum Gasteiger partial charge on any atom is -0.497 e. The summed E-state index contributed by atoms with van der Waals surface area (Å²) in [4.78, 5) is 2.35. The predicted octanol–water partition coefficient (Wildman–Crippen LogP) is 1.92. The molecule has 2 heterocycles. The molecule has 6 heteroatoms. The summed E-state index contributed by atoms with van der Waals surface area (Å²) in [6.07, 6.45) is 3.18. The highest BCUT2D eigenvalue weighted by molar-refractivity contribution is 5.41. The average molecular weight is 331 g/mol. The van der Waals surface area contributed by atoms with E-state index in [-0.39, 0.29) is 0 Å². The van der Waals surface area contributed by atoms with Crippen molar-refractivity contribution in [1.29, 1.82) is 0 Å². The number of aryl methyl sites for hydroxylation is 1. The quantitative estimate of drug-likeness (QED) is 0.907. The second-order valence-electron chi connectivity index (χ2n) is 6.36. The first-order chi connectivity index (χ1) is 11.5. The summed E-state index contributed by atoms with van der Waals surface area (Å²) in [5.74, 6) is 1.41. The van der Waals surface area contributed by atoms with E-state index in [2.05, 4.69) is 10.00 Å². The number of piperidine rings is 1. The summed E-state index contributed by atoms with van der Waals surface area (Å²) in [7, 11) is 5.20. The number of benzene rings is 1. The molecular formula is C18H25N3O3. The Morgan fingerprint density at radius 2 is 1.75 bits per heavy atom. The van der Waals surface area contributed by atoms with E-state index in [0.29, 0.717) is 24.3 Å². The van der Waals surface area contributed by atoms with Crippen molar-refractivity contribution < 1.29 is 14.6 Å². The highest BCUT2D eigenvalue weighted by Gasteiger charge is 2.34. The Bertz CT molecular complexity index is 668. The van der Waals surface area contributed by atoms with Gasteiger partial charge in [0.2, 0.25) is 0 Å². The van der Waals surface area contributed by atoms with Gasteiger partial charge in [0.25, 0.3) is 0 Å². The Balaban J connectivity index is 1.71. The first-order valence-corrected chi connectivity index (χ1v) is 8.19. The van der Waals surface area contributed by atoms with Crippen LogP contribution in [0.2, 0.25) is 0 Å². The molecule has 1 aromatic carbocycles. The molecule has 0 radical (unpaired) electrons. The molecule has 0 unspecified atom stereocenters. The molecule has 1 aliphatic heterocycles. The molecule has 1 saturated heterocycles. The zero-order valence-electron chi connectivity index (χ0n) is 14.5. The van der Waals surface area contributed by atoms with Gasteiger partial charge < -0.3 is 14.6 Å². The molecule has 0 spiro atoms. The molecule has 130 valence electrons. The van der Waals surface area contributed by atoms with Gasteiger partial charge in [-0.15, -0.1) is 0 Å². The van der Waals surface area contributed by atoms with E-state index in [1.165, 1.54) is 5.69 Å². The SMILES string of the molecule is COc1cc(OC)cc(C2(O)CCN(Cc3ccnn3C)CC2)c1. The fourth-order valence-electron chi connectivity index (χ4n) is 3.23. The molecule has 2 aromatic rings. The number of methoxy groups -OCH3 is 2. The van der Waals surface area contributed by atoms with E-state index in [1.54, 1.807) is 14.2 Å². The van der Waals surface area contributed by atoms with Gasteiger partial charge in [-0.3, -0.25) is 9.58 Å². The summed E-state index contributed by atoms with van der Waals surface area (Å²) in [6.45, 7) is 2.52. The van der Waals surface area contributed by atoms with Crippen LogP contribution in [0.15, 0.2) is 30.5 Å². The van der Waals surface area contributed by atoms with Crippen LogP contribution in [0, 0.1) is 0 Å². The maximum absolute atomic E-state index is 11.1. The number of aliphatic hydroxyl groups is 1. The van der Waals surface area contributed by atoms with Gasteiger partial charge in [0.15, 0.2) is 0 Å². The van der Waals surface area contributed by atoms with Crippen molar-refractivity contribution in [2.24, 2.45) is 7.05 Å². The largest absolute Gasteiger partial charge is 0.497 e. The summed E-state index contributed by atoms with van der Waals surface area (Å²) < 4.78 is 12.5. The average Bonchev–Trinajstić information content (AvgIpc) is 3.01. The van der Waals surface area contributed by atoms with Gasteiger partial charge >= 0.3 is 0 Å². The predicted molar refractivity (Wildman–Crippen MR) is 91.2 cm³/mol. The summed E-state index contributed by atoms with van der Waals surface area (Å²) >= 11 is 0. The molecule has 1 aromatic heterocycles. The Hall–Kier alpha value is -2.05. The normalized spacial score (nSPS) is 17.7. The van der Waals surface area contributed by atoms with Crippen LogP contribution in [0.3, 0.4) is 0 Å². The van der Waals surface area contributed by atoms with Crippen LogP contribution in [-0.2, 0) is 19.2 Å². The lowest BCUT2D eigenvalue weighted by atomic mass is 9.84. The third kappa shape index (κ3) is 3.39. The zero-order valence-corrected chi connectivity index (χ0v) is 14.5. The van der Waals surface area contributed by atoms with Crippen molar-refractivity contribution in [3.05, 3.63) is 41.7 Å². The van der Waals surface area contributed by atoms with Crippen LogP contribution in [0.4, 0.5) is 0 Å². The van der Waals surface area contributed by atoms with Gasteiger partial charge in [0, 0.05) is 38.9 Å². The van der Waals surface area contributed by atoms with Crippen LogP contribution in [0.1, 0.15) is 24.1 Å². The van der Waals surface area contributed by atoms with Gasteiger partial charge in [0.05, 0.1) is 25.5 Å². The van der Waals surface area contributed by atoms with Crippen molar-refractivity contribution in [2.45, 2.75) is 25.0 Å². The first-order valence-electron chi connectivity index (χ1n) is 8.19. The molecule has 3 rings (SSSR count). The van der Waals surface area contributed by atoms with Crippen molar-refractivity contribution in [3.63, 3.8) is 0 Å². The van der Waals surface area contributed by atoms with Gasteiger partial charge in [-0.25, -0.2) is 0 Å². The standard InChI is InChI=1S/C18H25N3O3/c1-20-15(4-7-19-20)13-21-8-5-18(22,6-9-21)14-10-16(23-2)12-17(11-14)24-3/h4,7,10-12,22H,5-6,8-9,13H2,1-3H3. The van der Waals surface area contributed by atoms with Crippen LogP contribution in [0.5, 0.6) is 11.5 Å². The fourth-order valence-corrected chi connectivity index (χ4v) is 3.23. The number of likely N-dealkylation sites (tertiary alicyclic amines) is 1. The summed E-state index contributed by atoms with van der Waals surface area (Å²) in [6, 6.07) is 7.66. The number of rotatable bonds is 5. The number of nitrogens with zero attached hydrogens (tertiary/aromatic N) is 3. The lowest BCUT2D eigenvalue weighted by Gasteiger charge is -2.38. The number of ether oxygens (including phenoxy) is 2. The molecule has 0 bridgehead atoms. The molecule has 0 amide bonds. The maximum Gasteiger partial charge on any atom is 0.122 e. The Morgan fingerprint density at radius 1 is 1.12 bits per heavy atom. The first kappa shape index (κ1) is 16.8. The van der Waals surface area contributed by atoms with Crippen LogP contribution < -0.4 is 9.47 Å². The number of hydrogen-bond donors (Lipinski definition) is 1. The fraction of sp³-hybridized carbons (Fsp3) is 0.500. The molecule has 6 nitrogen and oxygen atoms in total. The molecule has 24 heavy (non-hydrogen) atoms. The molecular weight excluding hydrogens is 306 g/mol. The van der Waals surface area contributed by atoms with Crippen molar-refractivity contribution in [1.82, 2.24) is 14.7 Å². The Morgan fingerprint density at radius 3 is 2.25 bits per heavy atom. The van der Waals surface area contributed by atoms with Gasteiger partial charge in [-0.1, -0.05) is 0 Å². The molecule has 0 saturated carbocycles. The highest BCUT2D eigenvalue weighted by Crippen LogP contribution is 2.37. The minimum atomic E-state index is -0.842. The smallest absolute Gasteiger partial charge is 0.122 e. The second kappa shape index (κ2) is 6.83.